The van der Waals surface area contributed by atoms with Crippen LogP contribution in [0.2, 0.25) is 0 Å². The van der Waals surface area contributed by atoms with Crippen LogP contribution in [0.5, 0.6) is 11.5 Å². The minimum Gasteiger partial charge on any atom is -0.404 e. The number of hydrogen-bond acceptors (Lipinski definition) is 3. The Kier molecular flexibility index (Phi) is 6.46. The molecule has 1 N–H and O–H groups in total. The van der Waals surface area contributed by atoms with E-state index in [0.29, 0.717) is 11.5 Å². The van der Waals surface area contributed by atoms with E-state index in [4.69, 9.17) is 9.05 Å². The van der Waals surface area contributed by atoms with E-state index in [1.807, 2.05) is 101 Å². The molecule has 0 aromatic heterocycles. The van der Waals surface area contributed by atoms with Crippen LogP contribution < -0.4 is 14.1 Å². The average Bonchev–Trinajstić information content (AvgIpc) is 2.70. The van der Waals surface area contributed by atoms with Crippen molar-refractivity contribution in [2.24, 2.45) is 0 Å². The summed E-state index contributed by atoms with van der Waals surface area (Å²) in [6, 6.07) is 21.0. The van der Waals surface area contributed by atoms with Crippen LogP contribution in [0.1, 0.15) is 40.8 Å². The first-order chi connectivity index (χ1) is 13.8. The molecule has 0 aliphatic rings. The maximum atomic E-state index is 13.9. The number of hydrogen-bond donors (Lipinski definition) is 1. The lowest BCUT2D eigenvalue weighted by Crippen LogP contribution is -2.22. The molecule has 152 valence electrons. The molecule has 0 fully saturated rings. The molecule has 0 bridgehead atoms. The van der Waals surface area contributed by atoms with Gasteiger partial charge in [0.05, 0.1) is 0 Å². The first-order valence-electron chi connectivity index (χ1n) is 9.73. The highest BCUT2D eigenvalue weighted by Gasteiger charge is 2.32. The van der Waals surface area contributed by atoms with Gasteiger partial charge >= 0.3 is 7.75 Å². The normalized spacial score (nSPS) is 12.4. The van der Waals surface area contributed by atoms with Crippen LogP contribution in [0.4, 0.5) is 0 Å². The highest BCUT2D eigenvalue weighted by molar-refractivity contribution is 7.52. The fraction of sp³-hybridized carbons (Fsp3) is 0.250. The van der Waals surface area contributed by atoms with Crippen molar-refractivity contribution in [1.29, 1.82) is 0 Å². The second-order valence-corrected chi connectivity index (χ2v) is 8.96. The molecule has 0 radical (unpaired) electrons. The Balaban J connectivity index is 1.96. The number of rotatable bonds is 7. The standard InChI is InChI=1S/C24H28NO3P/c1-17-11-9-15-23(19(17)3)27-29(26,25-21(5)22-13-7-6-8-14-22)28-24-16-10-12-18(2)20(24)4/h6-16,21H,1-5H3,(H,25,26)/t21-/m1/s1. The minimum absolute atomic E-state index is 0.225. The lowest BCUT2D eigenvalue weighted by molar-refractivity contribution is 0.361. The van der Waals surface area contributed by atoms with E-state index < -0.39 is 7.75 Å². The van der Waals surface area contributed by atoms with Crippen LogP contribution in [0.25, 0.3) is 0 Å². The van der Waals surface area contributed by atoms with Gasteiger partial charge in [0.2, 0.25) is 0 Å². The molecule has 0 aliphatic heterocycles. The van der Waals surface area contributed by atoms with E-state index in [9.17, 15) is 4.57 Å². The van der Waals surface area contributed by atoms with Crippen LogP contribution >= 0.6 is 7.75 Å². The Morgan fingerprint density at radius 3 is 1.69 bits per heavy atom. The van der Waals surface area contributed by atoms with Crippen LogP contribution in [-0.4, -0.2) is 0 Å². The molecular weight excluding hydrogens is 381 g/mol. The van der Waals surface area contributed by atoms with Crippen molar-refractivity contribution in [2.45, 2.75) is 40.7 Å². The van der Waals surface area contributed by atoms with Crippen LogP contribution in [-0.2, 0) is 4.57 Å². The zero-order valence-electron chi connectivity index (χ0n) is 17.6. The highest BCUT2D eigenvalue weighted by atomic mass is 31.2. The Labute approximate surface area is 173 Å². The third-order valence-electron chi connectivity index (χ3n) is 5.20. The van der Waals surface area contributed by atoms with Gasteiger partial charge in [-0.3, -0.25) is 0 Å². The Morgan fingerprint density at radius 2 is 1.21 bits per heavy atom. The smallest absolute Gasteiger partial charge is 0.404 e. The van der Waals surface area contributed by atoms with E-state index in [0.717, 1.165) is 27.8 Å². The minimum atomic E-state index is -3.73. The van der Waals surface area contributed by atoms with Gasteiger partial charge in [0, 0.05) is 6.04 Å². The molecule has 0 amide bonds. The molecule has 1 atom stereocenters. The van der Waals surface area contributed by atoms with E-state index in [1.54, 1.807) is 0 Å². The van der Waals surface area contributed by atoms with Gasteiger partial charge in [-0.1, -0.05) is 54.6 Å². The van der Waals surface area contributed by atoms with Gasteiger partial charge in [-0.15, -0.1) is 0 Å². The predicted octanol–water partition coefficient (Wildman–Crippen LogP) is 6.84. The zero-order chi connectivity index (χ0) is 21.0. The van der Waals surface area contributed by atoms with Crippen LogP contribution in [0.3, 0.4) is 0 Å². The quantitative estimate of drug-likeness (QED) is 0.434. The first kappa shape index (κ1) is 21.2. The molecule has 3 rings (SSSR count). The summed E-state index contributed by atoms with van der Waals surface area (Å²) < 4.78 is 26.0. The monoisotopic (exact) mass is 409 g/mol. The molecule has 0 heterocycles. The van der Waals surface area contributed by atoms with Crippen molar-refractivity contribution < 1.29 is 13.6 Å². The molecule has 0 unspecified atom stereocenters. The zero-order valence-corrected chi connectivity index (χ0v) is 18.5. The lowest BCUT2D eigenvalue weighted by Gasteiger charge is -2.25. The van der Waals surface area contributed by atoms with Gasteiger partial charge in [-0.05, 0) is 74.6 Å². The highest BCUT2D eigenvalue weighted by Crippen LogP contribution is 2.48. The van der Waals surface area contributed by atoms with E-state index in [2.05, 4.69) is 5.09 Å². The Morgan fingerprint density at radius 1 is 0.724 bits per heavy atom. The molecular formula is C24H28NO3P. The van der Waals surface area contributed by atoms with Gasteiger partial charge in [0.25, 0.3) is 0 Å². The fourth-order valence-electron chi connectivity index (χ4n) is 3.03. The van der Waals surface area contributed by atoms with E-state index in [1.165, 1.54) is 0 Å². The lowest BCUT2D eigenvalue weighted by atomic mass is 10.1. The van der Waals surface area contributed by atoms with Gasteiger partial charge < -0.3 is 9.05 Å². The van der Waals surface area contributed by atoms with Crippen molar-refractivity contribution in [3.05, 3.63) is 94.5 Å². The summed E-state index contributed by atoms with van der Waals surface area (Å²) >= 11 is 0. The summed E-state index contributed by atoms with van der Waals surface area (Å²) in [5.74, 6) is 1.10. The summed E-state index contributed by atoms with van der Waals surface area (Å²) in [5, 5.41) is 3.11. The molecule has 0 saturated heterocycles. The average molecular weight is 409 g/mol. The van der Waals surface area contributed by atoms with Crippen LogP contribution in [0.15, 0.2) is 66.7 Å². The molecule has 5 heteroatoms. The third-order valence-corrected chi connectivity index (χ3v) is 6.78. The van der Waals surface area contributed by atoms with Crippen molar-refractivity contribution in [3.63, 3.8) is 0 Å². The van der Waals surface area contributed by atoms with E-state index >= 15 is 0 Å². The summed E-state index contributed by atoms with van der Waals surface area (Å²) in [6.45, 7) is 9.85. The SMILES string of the molecule is Cc1cccc(OP(=O)(N[C@H](C)c2ccccc2)Oc2cccc(C)c2C)c1C. The molecule has 3 aromatic carbocycles. The summed E-state index contributed by atoms with van der Waals surface area (Å²) in [6.07, 6.45) is 0. The van der Waals surface area contributed by atoms with E-state index in [-0.39, 0.29) is 6.04 Å². The second-order valence-electron chi connectivity index (χ2n) is 7.34. The number of nitrogens with one attached hydrogen (secondary N) is 1. The van der Waals surface area contributed by atoms with Crippen molar-refractivity contribution in [3.8, 4) is 11.5 Å². The summed E-state index contributed by atoms with van der Waals surface area (Å²) in [5.41, 5.74) is 5.01. The third kappa shape index (κ3) is 5.09. The molecule has 0 spiro atoms. The van der Waals surface area contributed by atoms with Crippen molar-refractivity contribution >= 4 is 7.75 Å². The summed E-state index contributed by atoms with van der Waals surface area (Å²) in [4.78, 5) is 0. The van der Waals surface area contributed by atoms with Crippen molar-refractivity contribution in [1.82, 2.24) is 5.09 Å². The Bertz CT molecular complexity index is 976. The maximum Gasteiger partial charge on any atom is 0.513 e. The number of benzene rings is 3. The first-order valence-corrected chi connectivity index (χ1v) is 11.3. The topological polar surface area (TPSA) is 47.6 Å². The fourth-order valence-corrected chi connectivity index (χ4v) is 4.71. The Hall–Kier alpha value is -2.55. The largest absolute Gasteiger partial charge is 0.513 e. The molecule has 4 nitrogen and oxygen atoms in total. The van der Waals surface area contributed by atoms with Crippen molar-refractivity contribution in [2.75, 3.05) is 0 Å². The number of aryl methyl sites for hydroxylation is 2. The van der Waals surface area contributed by atoms with Gasteiger partial charge in [-0.25, -0.2) is 4.57 Å². The maximum absolute atomic E-state index is 13.9. The molecule has 29 heavy (non-hydrogen) atoms. The molecule has 0 saturated carbocycles. The predicted molar refractivity (Wildman–Crippen MR) is 119 cm³/mol. The molecule has 0 aliphatic carbocycles. The van der Waals surface area contributed by atoms with Crippen LogP contribution in [0, 0.1) is 27.7 Å². The van der Waals surface area contributed by atoms with Gasteiger partial charge in [0.15, 0.2) is 0 Å². The molecule has 3 aromatic rings. The van der Waals surface area contributed by atoms with Gasteiger partial charge in [0.1, 0.15) is 11.5 Å². The van der Waals surface area contributed by atoms with Gasteiger partial charge in [-0.2, -0.15) is 5.09 Å². The summed E-state index contributed by atoms with van der Waals surface area (Å²) in [7, 11) is -3.73. The second kappa shape index (κ2) is 8.86.